The van der Waals surface area contributed by atoms with Crippen LogP contribution in [-0.4, -0.2) is 46.1 Å². The van der Waals surface area contributed by atoms with E-state index >= 15 is 0 Å². The summed E-state index contributed by atoms with van der Waals surface area (Å²) in [6.07, 6.45) is 6.48. The van der Waals surface area contributed by atoms with Crippen molar-refractivity contribution in [3.05, 3.63) is 81.2 Å². The number of carbonyl (C=O) groups is 2. The maximum absolute atomic E-state index is 12.6. The van der Waals surface area contributed by atoms with E-state index in [9.17, 15) is 14.7 Å². The number of pyridine rings is 2. The van der Waals surface area contributed by atoms with Gasteiger partial charge in [-0.1, -0.05) is 41.4 Å². The minimum Gasteiger partial charge on any atom is -0.494 e. The van der Waals surface area contributed by atoms with E-state index in [2.05, 4.69) is 27.8 Å². The summed E-state index contributed by atoms with van der Waals surface area (Å²) in [6, 6.07) is 10.2. The lowest BCUT2D eigenvalue weighted by Crippen LogP contribution is -2.42. The standard InChI is InChI=1S/C26H26Cl2N4O4/c27-20-14-29-15-21(28)23(20)25(33)32-22(26(34)35)13-16-5-9-19(10-6-16)36-12-2-4-18-8-7-17-3-1-11-30-24(17)31-18/h5-10,14-15,22H,1-4,11-13H2,(H,30,31)(H,32,33)(H,34,35)/t22-/m1/s1. The lowest BCUT2D eigenvalue weighted by Gasteiger charge is -2.17. The van der Waals surface area contributed by atoms with Crippen molar-refractivity contribution < 1.29 is 19.4 Å². The molecule has 0 radical (unpaired) electrons. The number of hydrogen-bond donors (Lipinski definition) is 3. The van der Waals surface area contributed by atoms with Crippen molar-refractivity contribution in [2.45, 2.75) is 38.1 Å². The molecule has 0 bridgehead atoms. The predicted octanol–water partition coefficient (Wildman–Crippen LogP) is 4.58. The van der Waals surface area contributed by atoms with Gasteiger partial charge in [-0.3, -0.25) is 9.78 Å². The Morgan fingerprint density at radius 3 is 2.58 bits per heavy atom. The Bertz CT molecular complexity index is 1220. The molecule has 36 heavy (non-hydrogen) atoms. The highest BCUT2D eigenvalue weighted by Gasteiger charge is 2.24. The minimum absolute atomic E-state index is 0.00909. The zero-order valence-electron chi connectivity index (χ0n) is 19.5. The number of carboxylic acid groups (broad SMARTS) is 1. The average molecular weight is 529 g/mol. The Hall–Kier alpha value is -3.36. The molecule has 2 aromatic heterocycles. The van der Waals surface area contributed by atoms with Gasteiger partial charge in [-0.2, -0.15) is 0 Å². The number of rotatable bonds is 10. The Labute approximate surface area is 219 Å². The molecule has 0 saturated heterocycles. The van der Waals surface area contributed by atoms with Crippen molar-refractivity contribution in [1.82, 2.24) is 15.3 Å². The molecular weight excluding hydrogens is 503 g/mol. The van der Waals surface area contributed by atoms with Crippen molar-refractivity contribution in [2.75, 3.05) is 18.5 Å². The van der Waals surface area contributed by atoms with Crippen LogP contribution in [0.2, 0.25) is 10.0 Å². The van der Waals surface area contributed by atoms with Gasteiger partial charge in [0.2, 0.25) is 0 Å². The van der Waals surface area contributed by atoms with Gasteiger partial charge in [0.25, 0.3) is 5.91 Å². The monoisotopic (exact) mass is 528 g/mol. The summed E-state index contributed by atoms with van der Waals surface area (Å²) < 4.78 is 5.83. The van der Waals surface area contributed by atoms with Gasteiger partial charge in [-0.25, -0.2) is 9.78 Å². The fourth-order valence-electron chi connectivity index (χ4n) is 3.97. The Kier molecular flexibility index (Phi) is 8.61. The number of aliphatic carboxylic acids is 1. The molecule has 0 spiro atoms. The number of aromatic nitrogens is 2. The Morgan fingerprint density at radius 1 is 1.11 bits per heavy atom. The largest absolute Gasteiger partial charge is 0.494 e. The van der Waals surface area contributed by atoms with Gasteiger partial charge in [0.1, 0.15) is 17.6 Å². The van der Waals surface area contributed by atoms with Crippen LogP contribution in [0.5, 0.6) is 5.75 Å². The highest BCUT2D eigenvalue weighted by atomic mass is 35.5. The van der Waals surface area contributed by atoms with Crippen LogP contribution < -0.4 is 15.4 Å². The first-order valence-corrected chi connectivity index (χ1v) is 12.4. The summed E-state index contributed by atoms with van der Waals surface area (Å²) in [5, 5.41) is 15.5. The van der Waals surface area contributed by atoms with E-state index in [1.54, 1.807) is 24.3 Å². The topological polar surface area (TPSA) is 113 Å². The number of amides is 1. The molecule has 1 aliphatic heterocycles. The zero-order valence-corrected chi connectivity index (χ0v) is 21.0. The molecule has 188 valence electrons. The van der Waals surface area contributed by atoms with Crippen molar-refractivity contribution in [1.29, 1.82) is 0 Å². The molecule has 3 heterocycles. The highest BCUT2D eigenvalue weighted by Crippen LogP contribution is 2.23. The van der Waals surface area contributed by atoms with Crippen LogP contribution >= 0.6 is 23.2 Å². The number of carboxylic acids is 1. The van der Waals surface area contributed by atoms with E-state index < -0.39 is 17.9 Å². The van der Waals surface area contributed by atoms with E-state index in [1.165, 1.54) is 18.0 Å². The number of anilines is 1. The second-order valence-corrected chi connectivity index (χ2v) is 9.30. The molecule has 10 heteroatoms. The SMILES string of the molecule is O=C(N[C@H](Cc1ccc(OCCCc2ccc3c(n2)NCCC3)cc1)C(=O)O)c1c(Cl)cncc1Cl. The molecule has 0 saturated carbocycles. The maximum Gasteiger partial charge on any atom is 0.326 e. The Morgan fingerprint density at radius 2 is 1.86 bits per heavy atom. The lowest BCUT2D eigenvalue weighted by molar-refractivity contribution is -0.139. The van der Waals surface area contributed by atoms with Crippen molar-refractivity contribution >= 4 is 40.9 Å². The van der Waals surface area contributed by atoms with Crippen LogP contribution in [0.4, 0.5) is 5.82 Å². The van der Waals surface area contributed by atoms with Gasteiger partial charge in [-0.05, 0) is 55.0 Å². The third-order valence-electron chi connectivity index (χ3n) is 5.84. The molecule has 0 aliphatic carbocycles. The highest BCUT2D eigenvalue weighted by molar-refractivity contribution is 6.39. The summed E-state index contributed by atoms with van der Waals surface area (Å²) in [4.78, 5) is 32.8. The molecule has 0 fully saturated rings. The summed E-state index contributed by atoms with van der Waals surface area (Å²) >= 11 is 12.0. The van der Waals surface area contributed by atoms with E-state index in [1.807, 2.05) is 0 Å². The molecule has 1 aromatic carbocycles. The van der Waals surface area contributed by atoms with Crippen molar-refractivity contribution in [2.24, 2.45) is 0 Å². The first kappa shape index (κ1) is 25.7. The quantitative estimate of drug-likeness (QED) is 0.330. The number of halogens is 2. The lowest BCUT2D eigenvalue weighted by atomic mass is 10.1. The van der Waals surface area contributed by atoms with Crippen LogP contribution in [0, 0.1) is 0 Å². The fraction of sp³-hybridized carbons (Fsp3) is 0.308. The van der Waals surface area contributed by atoms with Gasteiger partial charge in [0, 0.05) is 31.1 Å². The van der Waals surface area contributed by atoms with Gasteiger partial charge < -0.3 is 20.5 Å². The fourth-order valence-corrected chi connectivity index (χ4v) is 4.50. The molecule has 4 rings (SSSR count). The summed E-state index contributed by atoms with van der Waals surface area (Å²) in [5.41, 5.74) is 3.03. The van der Waals surface area contributed by atoms with Crippen LogP contribution in [0.3, 0.4) is 0 Å². The van der Waals surface area contributed by atoms with E-state index in [0.717, 1.165) is 49.3 Å². The number of fused-ring (bicyclic) bond motifs is 1. The molecule has 1 atom stereocenters. The molecule has 1 aliphatic rings. The number of benzene rings is 1. The molecular formula is C26H26Cl2N4O4. The normalized spacial score (nSPS) is 13.3. The first-order valence-electron chi connectivity index (χ1n) is 11.7. The Balaban J connectivity index is 1.27. The van der Waals surface area contributed by atoms with Gasteiger partial charge >= 0.3 is 5.97 Å². The first-order chi connectivity index (χ1) is 17.4. The van der Waals surface area contributed by atoms with Crippen LogP contribution in [-0.2, 0) is 24.1 Å². The molecule has 3 N–H and O–H groups in total. The summed E-state index contributed by atoms with van der Waals surface area (Å²) in [6.45, 7) is 1.50. The minimum atomic E-state index is -1.17. The van der Waals surface area contributed by atoms with Crippen LogP contribution in [0.25, 0.3) is 0 Å². The number of aryl methyl sites for hydroxylation is 2. The zero-order chi connectivity index (χ0) is 25.5. The second kappa shape index (κ2) is 12.1. The van der Waals surface area contributed by atoms with Gasteiger partial charge in [-0.15, -0.1) is 0 Å². The smallest absolute Gasteiger partial charge is 0.326 e. The molecule has 3 aromatic rings. The van der Waals surface area contributed by atoms with Gasteiger partial charge in [0.15, 0.2) is 0 Å². The summed E-state index contributed by atoms with van der Waals surface area (Å²) in [7, 11) is 0. The third kappa shape index (κ3) is 6.65. The molecule has 0 unspecified atom stereocenters. The van der Waals surface area contributed by atoms with Crippen molar-refractivity contribution in [3.8, 4) is 5.75 Å². The van der Waals surface area contributed by atoms with Crippen LogP contribution in [0.15, 0.2) is 48.8 Å². The summed E-state index contributed by atoms with van der Waals surface area (Å²) in [5.74, 6) is -0.164. The van der Waals surface area contributed by atoms with E-state index in [-0.39, 0.29) is 22.0 Å². The van der Waals surface area contributed by atoms with Crippen molar-refractivity contribution in [3.63, 3.8) is 0 Å². The molecule has 1 amide bonds. The predicted molar refractivity (Wildman–Crippen MR) is 138 cm³/mol. The molecule has 8 nitrogen and oxygen atoms in total. The van der Waals surface area contributed by atoms with E-state index in [0.29, 0.717) is 12.4 Å². The number of ether oxygens (including phenoxy) is 1. The number of hydrogen-bond acceptors (Lipinski definition) is 6. The number of nitrogens with zero attached hydrogens (tertiary/aromatic N) is 2. The number of nitrogens with one attached hydrogen (secondary N) is 2. The third-order valence-corrected chi connectivity index (χ3v) is 6.42. The van der Waals surface area contributed by atoms with E-state index in [4.69, 9.17) is 32.9 Å². The van der Waals surface area contributed by atoms with Gasteiger partial charge in [0.05, 0.1) is 22.2 Å². The maximum atomic E-state index is 12.6. The average Bonchev–Trinajstić information content (AvgIpc) is 2.87. The van der Waals surface area contributed by atoms with Crippen LogP contribution in [0.1, 0.15) is 40.0 Å². The number of carbonyl (C=O) groups excluding carboxylic acids is 1. The second-order valence-electron chi connectivity index (χ2n) is 8.48.